The minimum atomic E-state index is 1.06. The molecule has 0 bridgehead atoms. The van der Waals surface area contributed by atoms with Crippen LogP contribution < -0.4 is 0 Å². The van der Waals surface area contributed by atoms with E-state index >= 15 is 0 Å². The molecule has 0 aliphatic rings. The van der Waals surface area contributed by atoms with Crippen molar-refractivity contribution in [3.05, 3.63) is 84.9 Å². The molecule has 7 rings (SSSR count). The fourth-order valence-corrected chi connectivity index (χ4v) is 7.68. The van der Waals surface area contributed by atoms with E-state index in [9.17, 15) is 0 Å². The lowest BCUT2D eigenvalue weighted by Gasteiger charge is -1.96. The van der Waals surface area contributed by atoms with Crippen molar-refractivity contribution >= 4 is 74.6 Å². The first-order valence-corrected chi connectivity index (χ1v) is 12.5. The summed E-state index contributed by atoms with van der Waals surface area (Å²) in [5, 5.41) is 4.64. The van der Waals surface area contributed by atoms with Crippen molar-refractivity contribution in [3.63, 3.8) is 0 Å². The van der Waals surface area contributed by atoms with Crippen LogP contribution in [0.4, 0.5) is 0 Å². The fraction of sp³-hybridized carbons (Fsp3) is 0. The molecule has 0 amide bonds. The van der Waals surface area contributed by atoms with Gasteiger partial charge in [0.25, 0.3) is 0 Å². The summed E-state index contributed by atoms with van der Waals surface area (Å²) in [6, 6.07) is 29.6. The van der Waals surface area contributed by atoms with Crippen LogP contribution in [0.2, 0.25) is 0 Å². The molecule has 31 heavy (non-hydrogen) atoms. The maximum Gasteiger partial charge on any atom is 0.124 e. The van der Waals surface area contributed by atoms with Crippen LogP contribution in [-0.4, -0.2) is 9.97 Å². The first kappa shape index (κ1) is 17.5. The number of fused-ring (bicyclic) bond motifs is 8. The van der Waals surface area contributed by atoms with Crippen molar-refractivity contribution in [2.75, 3.05) is 0 Å². The Labute approximate surface area is 190 Å². The Morgan fingerprint density at radius 2 is 1.03 bits per heavy atom. The van der Waals surface area contributed by atoms with E-state index in [1.165, 1.54) is 35.1 Å². The summed E-state index contributed by atoms with van der Waals surface area (Å²) in [7, 11) is 0. The van der Waals surface area contributed by atoms with E-state index in [1.54, 1.807) is 22.7 Å². The van der Waals surface area contributed by atoms with E-state index in [0.29, 0.717) is 0 Å². The van der Waals surface area contributed by atoms with Crippen LogP contribution >= 0.6 is 34.0 Å². The molecule has 0 fully saturated rings. The zero-order valence-corrected chi connectivity index (χ0v) is 18.7. The smallest absolute Gasteiger partial charge is 0.124 e. The number of benzene rings is 4. The third-order valence-corrected chi connectivity index (χ3v) is 9.10. The van der Waals surface area contributed by atoms with Crippen molar-refractivity contribution in [3.8, 4) is 21.1 Å². The zero-order valence-electron chi connectivity index (χ0n) is 16.2. The van der Waals surface area contributed by atoms with E-state index in [-0.39, 0.29) is 0 Å². The summed E-state index contributed by atoms with van der Waals surface area (Å²) < 4.78 is 5.01. The van der Waals surface area contributed by atoms with Gasteiger partial charge in [-0.2, -0.15) is 0 Å². The Morgan fingerprint density at radius 3 is 1.71 bits per heavy atom. The zero-order chi connectivity index (χ0) is 20.4. The maximum atomic E-state index is 5.17. The molecule has 0 saturated carbocycles. The van der Waals surface area contributed by atoms with Crippen molar-refractivity contribution in [1.82, 2.24) is 9.97 Å². The molecule has 5 heteroatoms. The summed E-state index contributed by atoms with van der Waals surface area (Å²) in [5.41, 5.74) is 4.54. The monoisotopic (exact) mass is 450 g/mol. The number of hydrogen-bond donors (Lipinski definition) is 0. The summed E-state index contributed by atoms with van der Waals surface area (Å²) in [4.78, 5) is 10.3. The number of rotatable bonds is 2. The Hall–Kier alpha value is -3.12. The Kier molecular flexibility index (Phi) is 3.79. The van der Waals surface area contributed by atoms with E-state index in [0.717, 1.165) is 26.6 Å². The molecular weight excluding hydrogens is 437 g/mol. The van der Waals surface area contributed by atoms with Crippen molar-refractivity contribution < 1.29 is 0 Å². The van der Waals surface area contributed by atoms with E-state index in [2.05, 4.69) is 84.9 Å². The van der Waals surface area contributed by atoms with Gasteiger partial charge in [0.1, 0.15) is 15.5 Å². The van der Waals surface area contributed by atoms with Crippen LogP contribution in [0.5, 0.6) is 0 Å². The van der Waals surface area contributed by atoms with Gasteiger partial charge >= 0.3 is 0 Å². The lowest BCUT2D eigenvalue weighted by Crippen LogP contribution is -1.77. The largest absolute Gasteiger partial charge is 0.235 e. The molecule has 2 nitrogen and oxygen atoms in total. The normalized spacial score (nSPS) is 11.9. The molecule has 0 saturated heterocycles. The molecule has 4 aromatic carbocycles. The fourth-order valence-electron chi connectivity index (χ4n) is 4.13. The van der Waals surface area contributed by atoms with Crippen LogP contribution in [0.3, 0.4) is 0 Å². The average molecular weight is 451 g/mol. The standard InChI is InChI=1S/C26H14N2S3/c1-3-9-15(10-4-1)25-27-20-19-17-13-7-8-14-18(17)29-22(19)21-24(23(20)30-25)31-26(28-21)16-11-5-2-6-12-16/h1-14H. The third-order valence-electron chi connectivity index (χ3n) is 5.55. The second-order valence-electron chi connectivity index (χ2n) is 7.43. The van der Waals surface area contributed by atoms with Crippen LogP contribution in [0, 0.1) is 0 Å². The summed E-state index contributed by atoms with van der Waals surface area (Å²) in [5.74, 6) is 0. The minimum Gasteiger partial charge on any atom is -0.235 e. The van der Waals surface area contributed by atoms with Gasteiger partial charge in [-0.1, -0.05) is 78.9 Å². The molecule has 3 aromatic heterocycles. The van der Waals surface area contributed by atoms with Crippen molar-refractivity contribution in [1.29, 1.82) is 0 Å². The van der Waals surface area contributed by atoms with Gasteiger partial charge in [0.2, 0.25) is 0 Å². The highest BCUT2D eigenvalue weighted by Crippen LogP contribution is 2.48. The number of hydrogen-bond acceptors (Lipinski definition) is 5. The van der Waals surface area contributed by atoms with Gasteiger partial charge in [0, 0.05) is 26.6 Å². The first-order valence-electron chi connectivity index (χ1n) is 10.0. The maximum absolute atomic E-state index is 5.17. The SMILES string of the molecule is c1ccc(-c2nc3c(s2)c2sc(-c4ccccc4)nc2c2c4ccccc4sc32)cc1. The third kappa shape index (κ3) is 2.61. The van der Waals surface area contributed by atoms with E-state index < -0.39 is 0 Å². The van der Waals surface area contributed by atoms with Gasteiger partial charge in [-0.15, -0.1) is 34.0 Å². The quantitative estimate of drug-likeness (QED) is 0.263. The van der Waals surface area contributed by atoms with Gasteiger partial charge in [-0.3, -0.25) is 0 Å². The predicted octanol–water partition coefficient (Wildman–Crippen LogP) is 8.61. The molecule has 0 aliphatic carbocycles. The summed E-state index contributed by atoms with van der Waals surface area (Å²) >= 11 is 5.39. The molecule has 0 atom stereocenters. The molecular formula is C26H14N2S3. The molecule has 146 valence electrons. The number of nitrogens with zero attached hydrogens (tertiary/aromatic N) is 2. The van der Waals surface area contributed by atoms with Crippen molar-refractivity contribution in [2.45, 2.75) is 0 Å². The molecule has 0 aliphatic heterocycles. The first-order chi connectivity index (χ1) is 15.4. The van der Waals surface area contributed by atoms with E-state index in [1.807, 2.05) is 11.3 Å². The number of thiazole rings is 2. The Balaban J connectivity index is 1.66. The molecule has 3 heterocycles. The average Bonchev–Trinajstić information content (AvgIpc) is 3.54. The topological polar surface area (TPSA) is 25.8 Å². The van der Waals surface area contributed by atoms with Crippen LogP contribution in [0.25, 0.3) is 61.7 Å². The van der Waals surface area contributed by atoms with Crippen LogP contribution in [-0.2, 0) is 0 Å². The molecule has 0 radical (unpaired) electrons. The second-order valence-corrected chi connectivity index (χ2v) is 10.5. The lowest BCUT2D eigenvalue weighted by atomic mass is 10.1. The van der Waals surface area contributed by atoms with E-state index in [4.69, 9.17) is 9.97 Å². The lowest BCUT2D eigenvalue weighted by molar-refractivity contribution is 1.49. The van der Waals surface area contributed by atoms with Gasteiger partial charge in [-0.25, -0.2) is 9.97 Å². The van der Waals surface area contributed by atoms with Crippen molar-refractivity contribution in [2.24, 2.45) is 0 Å². The number of thiophene rings is 1. The highest BCUT2D eigenvalue weighted by molar-refractivity contribution is 7.32. The van der Waals surface area contributed by atoms with Gasteiger partial charge < -0.3 is 0 Å². The predicted molar refractivity (Wildman–Crippen MR) is 137 cm³/mol. The molecule has 0 N–H and O–H groups in total. The highest BCUT2D eigenvalue weighted by Gasteiger charge is 2.21. The molecule has 0 unspecified atom stereocenters. The Bertz CT molecular complexity index is 1720. The van der Waals surface area contributed by atoms with Gasteiger partial charge in [-0.05, 0) is 6.07 Å². The highest BCUT2D eigenvalue weighted by atomic mass is 32.1. The second kappa shape index (κ2) is 6.69. The van der Waals surface area contributed by atoms with Gasteiger partial charge in [0.05, 0.1) is 19.6 Å². The van der Waals surface area contributed by atoms with Gasteiger partial charge in [0.15, 0.2) is 0 Å². The minimum absolute atomic E-state index is 1.06. The van der Waals surface area contributed by atoms with Crippen LogP contribution in [0.1, 0.15) is 0 Å². The summed E-state index contributed by atoms with van der Waals surface area (Å²) in [6.07, 6.45) is 0. The Morgan fingerprint density at radius 1 is 0.484 bits per heavy atom. The van der Waals surface area contributed by atoms with Crippen LogP contribution in [0.15, 0.2) is 84.9 Å². The number of aromatic nitrogens is 2. The molecule has 7 aromatic rings. The molecule has 0 spiro atoms. The summed E-state index contributed by atoms with van der Waals surface area (Å²) in [6.45, 7) is 0.